The Labute approximate surface area is 132 Å². The van der Waals surface area contributed by atoms with Gasteiger partial charge in [-0.3, -0.25) is 4.79 Å². The molecular weight excluding hydrogens is 322 g/mol. The molecule has 0 radical (unpaired) electrons. The van der Waals surface area contributed by atoms with E-state index >= 15 is 0 Å². The zero-order valence-electron chi connectivity index (χ0n) is 12.0. The highest BCUT2D eigenvalue weighted by Crippen LogP contribution is 2.15. The highest BCUT2D eigenvalue weighted by Gasteiger charge is 2.12. The van der Waals surface area contributed by atoms with E-state index < -0.39 is 10.0 Å². The Morgan fingerprint density at radius 2 is 1.91 bits per heavy atom. The molecule has 1 amide bonds. The number of hydrogen-bond acceptors (Lipinski definition) is 5. The minimum Gasteiger partial charge on any atom is -0.326 e. The molecule has 2 rings (SSSR count). The number of aryl methyl sites for hydroxylation is 1. The van der Waals surface area contributed by atoms with Crippen LogP contribution in [0.15, 0.2) is 45.7 Å². The summed E-state index contributed by atoms with van der Waals surface area (Å²) in [4.78, 5) is 14.0. The van der Waals surface area contributed by atoms with Gasteiger partial charge in [-0.1, -0.05) is 0 Å². The maximum absolute atomic E-state index is 12.1. The van der Waals surface area contributed by atoms with Crippen molar-refractivity contribution in [2.24, 2.45) is 5.10 Å². The predicted molar refractivity (Wildman–Crippen MR) is 87.7 cm³/mol. The van der Waals surface area contributed by atoms with Crippen LogP contribution in [0.5, 0.6) is 0 Å². The van der Waals surface area contributed by atoms with Crippen molar-refractivity contribution in [1.82, 2.24) is 4.83 Å². The molecule has 6 nitrogen and oxygen atoms in total. The van der Waals surface area contributed by atoms with Crippen molar-refractivity contribution < 1.29 is 13.2 Å². The number of anilines is 1. The lowest BCUT2D eigenvalue weighted by Crippen LogP contribution is -2.18. The van der Waals surface area contributed by atoms with Gasteiger partial charge in [-0.25, -0.2) is 4.83 Å². The quantitative estimate of drug-likeness (QED) is 0.648. The fourth-order valence-electron chi connectivity index (χ4n) is 1.64. The first kappa shape index (κ1) is 16.2. The molecule has 2 N–H and O–H groups in total. The van der Waals surface area contributed by atoms with Crippen LogP contribution in [0.3, 0.4) is 0 Å². The number of benzene rings is 1. The summed E-state index contributed by atoms with van der Waals surface area (Å²) in [6, 6.07) is 7.77. The standard InChI is InChI=1S/C14H15N3O3S2/c1-10-7-8-21-14(10)9-15-17-22(19,20)13-5-3-12(4-6-13)16-11(2)18/h3-9,17H,1-2H3,(H,16,18)/b15-9+. The fraction of sp³-hybridized carbons (Fsp3) is 0.143. The van der Waals surface area contributed by atoms with Crippen LogP contribution in [0.1, 0.15) is 17.4 Å². The second kappa shape index (κ2) is 6.71. The molecule has 116 valence electrons. The molecular formula is C14H15N3O3S2. The first-order valence-electron chi connectivity index (χ1n) is 6.35. The van der Waals surface area contributed by atoms with Crippen molar-refractivity contribution in [2.45, 2.75) is 18.7 Å². The Kier molecular flexibility index (Phi) is 4.94. The normalized spacial score (nSPS) is 11.5. The topological polar surface area (TPSA) is 87.6 Å². The number of carbonyl (C=O) groups is 1. The summed E-state index contributed by atoms with van der Waals surface area (Å²) < 4.78 is 24.1. The van der Waals surface area contributed by atoms with E-state index in [0.29, 0.717) is 5.69 Å². The number of hydrogen-bond donors (Lipinski definition) is 2. The molecule has 0 aliphatic rings. The van der Waals surface area contributed by atoms with Gasteiger partial charge in [0, 0.05) is 12.6 Å². The molecule has 0 bridgehead atoms. The molecule has 1 aromatic carbocycles. The summed E-state index contributed by atoms with van der Waals surface area (Å²) in [5.41, 5.74) is 1.57. The van der Waals surface area contributed by atoms with E-state index in [9.17, 15) is 13.2 Å². The Morgan fingerprint density at radius 3 is 2.45 bits per heavy atom. The van der Waals surface area contributed by atoms with Gasteiger partial charge in [0.15, 0.2) is 0 Å². The first-order chi connectivity index (χ1) is 10.4. The van der Waals surface area contributed by atoms with Crippen LogP contribution in [0.25, 0.3) is 0 Å². The van der Waals surface area contributed by atoms with Gasteiger partial charge in [0.25, 0.3) is 10.0 Å². The lowest BCUT2D eigenvalue weighted by atomic mass is 10.3. The van der Waals surface area contributed by atoms with Crippen LogP contribution < -0.4 is 10.1 Å². The summed E-state index contributed by atoms with van der Waals surface area (Å²) in [6.07, 6.45) is 1.48. The number of thiophene rings is 1. The van der Waals surface area contributed by atoms with Crippen LogP contribution in [-0.2, 0) is 14.8 Å². The number of amides is 1. The Bertz CT molecular complexity index is 793. The van der Waals surface area contributed by atoms with Crippen molar-refractivity contribution in [3.63, 3.8) is 0 Å². The molecule has 1 heterocycles. The maximum atomic E-state index is 12.1. The Balaban J connectivity index is 2.08. The van der Waals surface area contributed by atoms with Crippen molar-refractivity contribution in [3.8, 4) is 0 Å². The van der Waals surface area contributed by atoms with Crippen molar-refractivity contribution in [2.75, 3.05) is 5.32 Å². The number of rotatable bonds is 5. The van der Waals surface area contributed by atoms with Crippen LogP contribution >= 0.6 is 11.3 Å². The van der Waals surface area contributed by atoms with Crippen LogP contribution in [0.2, 0.25) is 0 Å². The van der Waals surface area contributed by atoms with E-state index in [1.165, 1.54) is 48.7 Å². The molecule has 0 atom stereocenters. The van der Waals surface area contributed by atoms with Gasteiger partial charge >= 0.3 is 0 Å². The third-order valence-electron chi connectivity index (χ3n) is 2.74. The molecule has 0 fully saturated rings. The lowest BCUT2D eigenvalue weighted by Gasteiger charge is -2.05. The molecule has 8 heteroatoms. The third-order valence-corrected chi connectivity index (χ3v) is 4.93. The number of hydrazone groups is 1. The highest BCUT2D eigenvalue weighted by atomic mass is 32.2. The molecule has 22 heavy (non-hydrogen) atoms. The summed E-state index contributed by atoms with van der Waals surface area (Å²) >= 11 is 1.48. The maximum Gasteiger partial charge on any atom is 0.276 e. The average Bonchev–Trinajstić information content (AvgIpc) is 2.84. The number of carbonyl (C=O) groups excluding carboxylic acids is 1. The largest absolute Gasteiger partial charge is 0.326 e. The zero-order valence-corrected chi connectivity index (χ0v) is 13.7. The van der Waals surface area contributed by atoms with Gasteiger partial charge < -0.3 is 5.32 Å². The Hall–Kier alpha value is -2.19. The summed E-state index contributed by atoms with van der Waals surface area (Å²) in [5, 5.41) is 8.25. The van der Waals surface area contributed by atoms with Gasteiger partial charge in [0.1, 0.15) is 0 Å². The first-order valence-corrected chi connectivity index (χ1v) is 8.71. The van der Waals surface area contributed by atoms with E-state index in [4.69, 9.17) is 0 Å². The second-order valence-electron chi connectivity index (χ2n) is 4.53. The summed E-state index contributed by atoms with van der Waals surface area (Å²) in [5.74, 6) is -0.218. The van der Waals surface area contributed by atoms with Gasteiger partial charge in [0.2, 0.25) is 5.91 Å². The summed E-state index contributed by atoms with van der Waals surface area (Å²) in [6.45, 7) is 3.31. The highest BCUT2D eigenvalue weighted by molar-refractivity contribution is 7.89. The third kappa shape index (κ3) is 4.15. The molecule has 0 spiro atoms. The fourth-order valence-corrected chi connectivity index (χ4v) is 3.22. The van der Waals surface area contributed by atoms with Gasteiger partial charge in [-0.15, -0.1) is 11.3 Å². The SMILES string of the molecule is CC(=O)Nc1ccc(S(=O)(=O)N/N=C/c2sccc2C)cc1. The average molecular weight is 337 g/mol. The van der Waals surface area contributed by atoms with Crippen molar-refractivity contribution >= 4 is 39.2 Å². The van der Waals surface area contributed by atoms with Gasteiger partial charge in [-0.05, 0) is 48.2 Å². The monoisotopic (exact) mass is 337 g/mol. The van der Waals surface area contributed by atoms with Gasteiger partial charge in [0.05, 0.1) is 16.0 Å². The minimum atomic E-state index is -3.73. The van der Waals surface area contributed by atoms with E-state index in [1.54, 1.807) is 0 Å². The van der Waals surface area contributed by atoms with E-state index in [2.05, 4.69) is 15.2 Å². The number of sulfonamides is 1. The van der Waals surface area contributed by atoms with Crippen molar-refractivity contribution in [1.29, 1.82) is 0 Å². The lowest BCUT2D eigenvalue weighted by molar-refractivity contribution is -0.114. The second-order valence-corrected chi connectivity index (χ2v) is 7.13. The number of nitrogens with zero attached hydrogens (tertiary/aromatic N) is 1. The van der Waals surface area contributed by atoms with Crippen LogP contribution in [0.4, 0.5) is 5.69 Å². The van der Waals surface area contributed by atoms with Crippen LogP contribution in [-0.4, -0.2) is 20.5 Å². The molecule has 0 saturated carbocycles. The van der Waals surface area contributed by atoms with E-state index in [0.717, 1.165) is 10.4 Å². The molecule has 0 saturated heterocycles. The van der Waals surface area contributed by atoms with Crippen LogP contribution in [0, 0.1) is 6.92 Å². The zero-order chi connectivity index (χ0) is 16.2. The van der Waals surface area contributed by atoms with Gasteiger partial charge in [-0.2, -0.15) is 13.5 Å². The Morgan fingerprint density at radius 1 is 1.23 bits per heavy atom. The predicted octanol–water partition coefficient (Wildman–Crippen LogP) is 2.33. The van der Waals surface area contributed by atoms with Crippen molar-refractivity contribution in [3.05, 3.63) is 46.2 Å². The minimum absolute atomic E-state index is 0.0710. The molecule has 2 aromatic rings. The van der Waals surface area contributed by atoms with E-state index in [-0.39, 0.29) is 10.8 Å². The summed E-state index contributed by atoms with van der Waals surface area (Å²) in [7, 11) is -3.73. The molecule has 0 aliphatic heterocycles. The van der Waals surface area contributed by atoms with E-state index in [1.807, 2.05) is 18.4 Å². The molecule has 0 unspecified atom stereocenters. The molecule has 1 aromatic heterocycles. The molecule has 0 aliphatic carbocycles. The smallest absolute Gasteiger partial charge is 0.276 e. The number of nitrogens with one attached hydrogen (secondary N) is 2.